The lowest BCUT2D eigenvalue weighted by molar-refractivity contribution is -0.105. The van der Waals surface area contributed by atoms with Crippen molar-refractivity contribution in [2.24, 2.45) is 0 Å². The quantitative estimate of drug-likeness (QED) is 0.458. The molecular weight excluding hydrogens is 151 g/mol. The molecule has 0 bridgehead atoms. The Balaban J connectivity index is 3.39. The van der Waals surface area contributed by atoms with Crippen molar-refractivity contribution in [3.8, 4) is 0 Å². The lowest BCUT2D eigenvalue weighted by Gasteiger charge is -2.02. The molecule has 0 fully saturated rings. The summed E-state index contributed by atoms with van der Waals surface area (Å²) in [5.41, 5.74) is 0. The van der Waals surface area contributed by atoms with Crippen LogP contribution in [0.15, 0.2) is 0 Å². The van der Waals surface area contributed by atoms with Crippen molar-refractivity contribution in [3.63, 3.8) is 0 Å². The van der Waals surface area contributed by atoms with Gasteiger partial charge in [-0.2, -0.15) is 13.2 Å². The number of halogens is 3. The van der Waals surface area contributed by atoms with Gasteiger partial charge in [0, 0.05) is 0 Å². The van der Waals surface area contributed by atoms with Crippen molar-refractivity contribution in [2.75, 3.05) is 5.75 Å². The van der Waals surface area contributed by atoms with E-state index in [1.165, 1.54) is 6.92 Å². The summed E-state index contributed by atoms with van der Waals surface area (Å²) < 4.78 is 33.9. The second kappa shape index (κ2) is 3.10. The maximum atomic E-state index is 11.3. The molecule has 1 nitrogen and oxygen atoms in total. The largest absolute Gasteiger partial charge is 0.398 e. The van der Waals surface area contributed by atoms with Gasteiger partial charge in [0.05, 0.1) is 10.8 Å². The first-order valence-corrected chi connectivity index (χ1v) is 3.15. The van der Waals surface area contributed by atoms with Crippen LogP contribution >= 0.6 is 11.8 Å². The minimum absolute atomic E-state index is 0.00711. The van der Waals surface area contributed by atoms with E-state index in [9.17, 15) is 13.2 Å². The molecule has 0 aromatic heterocycles. The third kappa shape index (κ3) is 7.81. The van der Waals surface area contributed by atoms with Gasteiger partial charge < -0.3 is 0 Å². The van der Waals surface area contributed by atoms with Crippen molar-refractivity contribution in [1.82, 2.24) is 0 Å². The molecule has 0 aromatic rings. The molecule has 0 aliphatic carbocycles. The van der Waals surface area contributed by atoms with Gasteiger partial charge in [-0.05, 0) is 6.92 Å². The predicted octanol–water partition coefficient (Wildman–Crippen LogP) is 2.28. The van der Waals surface area contributed by atoms with Gasteiger partial charge in [-0.25, -0.2) is 0 Å². The average molecular weight is 157 g/mol. The summed E-state index contributed by atoms with van der Waals surface area (Å²) in [6.07, 6.45) is -4.15. The Hall–Kier alpha value is -0.190. The third-order valence-corrected chi connectivity index (χ3v) is 1.36. The van der Waals surface area contributed by atoms with Crippen LogP contribution in [0, 0.1) is 5.41 Å². The molecule has 9 heavy (non-hydrogen) atoms. The molecule has 0 saturated carbocycles. The van der Waals surface area contributed by atoms with E-state index in [2.05, 4.69) is 0 Å². The van der Waals surface area contributed by atoms with Gasteiger partial charge in [0.25, 0.3) is 0 Å². The molecule has 1 N–H and O–H groups in total. The van der Waals surface area contributed by atoms with Gasteiger partial charge in [-0.1, -0.05) is 0 Å². The zero-order valence-corrected chi connectivity index (χ0v) is 5.57. The average Bonchev–Trinajstić information content (AvgIpc) is 1.59. The molecular formula is C4H6F3NS. The fraction of sp³-hybridized carbons (Fsp3) is 0.750. The van der Waals surface area contributed by atoms with Crippen LogP contribution in [0.2, 0.25) is 0 Å². The van der Waals surface area contributed by atoms with E-state index in [0.29, 0.717) is 11.8 Å². The number of hydrogen-bond donors (Lipinski definition) is 1. The summed E-state index contributed by atoms with van der Waals surface area (Å²) in [7, 11) is 0. The van der Waals surface area contributed by atoms with Crippen molar-refractivity contribution in [1.29, 1.82) is 5.41 Å². The SMILES string of the molecule is CC(=N)SCC(F)(F)F. The summed E-state index contributed by atoms with van der Waals surface area (Å²) in [5, 5.41) is 6.63. The highest BCUT2D eigenvalue weighted by Crippen LogP contribution is 2.21. The molecule has 0 aliphatic heterocycles. The number of nitrogens with one attached hydrogen (secondary N) is 1. The second-order valence-corrected chi connectivity index (χ2v) is 2.65. The van der Waals surface area contributed by atoms with Crippen LogP contribution < -0.4 is 0 Å². The fourth-order valence-electron chi connectivity index (χ4n) is 0.190. The van der Waals surface area contributed by atoms with Crippen LogP contribution in [-0.4, -0.2) is 17.0 Å². The molecule has 0 atom stereocenters. The van der Waals surface area contributed by atoms with Crippen LogP contribution in [0.3, 0.4) is 0 Å². The Morgan fingerprint density at radius 2 is 2.00 bits per heavy atom. The Kier molecular flexibility index (Phi) is 3.03. The van der Waals surface area contributed by atoms with Crippen molar-refractivity contribution in [3.05, 3.63) is 0 Å². The molecule has 0 unspecified atom stereocenters. The maximum absolute atomic E-state index is 11.3. The second-order valence-electron chi connectivity index (χ2n) is 1.46. The minimum Gasteiger partial charge on any atom is -0.299 e. The predicted molar refractivity (Wildman–Crippen MR) is 31.9 cm³/mol. The summed E-state index contributed by atoms with van der Waals surface area (Å²) in [6, 6.07) is 0. The van der Waals surface area contributed by atoms with Gasteiger partial charge in [0.1, 0.15) is 0 Å². The number of rotatable bonds is 1. The van der Waals surface area contributed by atoms with Gasteiger partial charge >= 0.3 is 6.18 Å². The summed E-state index contributed by atoms with van der Waals surface area (Å²) >= 11 is 0.497. The van der Waals surface area contributed by atoms with E-state index in [0.717, 1.165) is 0 Å². The highest BCUT2D eigenvalue weighted by Gasteiger charge is 2.26. The molecule has 5 heteroatoms. The normalized spacial score (nSPS) is 11.6. The lowest BCUT2D eigenvalue weighted by Crippen LogP contribution is -2.11. The van der Waals surface area contributed by atoms with E-state index in [4.69, 9.17) is 5.41 Å². The van der Waals surface area contributed by atoms with Crippen LogP contribution in [0.1, 0.15) is 6.92 Å². The zero-order chi connectivity index (χ0) is 7.49. The van der Waals surface area contributed by atoms with Crippen LogP contribution in [-0.2, 0) is 0 Å². The molecule has 0 spiro atoms. The summed E-state index contributed by atoms with van der Waals surface area (Å²) in [5.74, 6) is -0.956. The fourth-order valence-corrected chi connectivity index (χ4v) is 0.570. The Bertz CT molecular complexity index is 109. The van der Waals surface area contributed by atoms with Crippen molar-refractivity contribution in [2.45, 2.75) is 13.1 Å². The Morgan fingerprint density at radius 3 is 2.11 bits per heavy atom. The van der Waals surface area contributed by atoms with E-state index in [1.54, 1.807) is 0 Å². The maximum Gasteiger partial charge on any atom is 0.398 e. The molecule has 0 amide bonds. The third-order valence-electron chi connectivity index (χ3n) is 0.452. The number of hydrogen-bond acceptors (Lipinski definition) is 2. The standard InChI is InChI=1S/C4H6F3NS/c1-3(8)9-2-4(5,6)7/h8H,2H2,1H3. The first-order chi connectivity index (χ1) is 3.92. The van der Waals surface area contributed by atoms with E-state index in [1.807, 2.05) is 0 Å². The van der Waals surface area contributed by atoms with E-state index >= 15 is 0 Å². The monoisotopic (exact) mass is 157 g/mol. The minimum atomic E-state index is -4.15. The molecule has 0 rings (SSSR count). The van der Waals surface area contributed by atoms with Crippen LogP contribution in [0.5, 0.6) is 0 Å². The molecule has 0 saturated heterocycles. The van der Waals surface area contributed by atoms with Gasteiger partial charge in [0.2, 0.25) is 0 Å². The Labute approximate surface area is 55.1 Å². The molecule has 0 radical (unpaired) electrons. The van der Waals surface area contributed by atoms with Crippen molar-refractivity contribution < 1.29 is 13.2 Å². The summed E-state index contributed by atoms with van der Waals surface area (Å²) in [6.45, 7) is 1.33. The summed E-state index contributed by atoms with van der Waals surface area (Å²) in [4.78, 5) is 0. The highest BCUT2D eigenvalue weighted by molar-refractivity contribution is 8.13. The highest BCUT2D eigenvalue weighted by atomic mass is 32.2. The zero-order valence-electron chi connectivity index (χ0n) is 4.75. The molecule has 54 valence electrons. The first-order valence-electron chi connectivity index (χ1n) is 2.16. The molecule has 0 heterocycles. The molecule has 0 aromatic carbocycles. The number of alkyl halides is 3. The van der Waals surface area contributed by atoms with Crippen LogP contribution in [0.25, 0.3) is 0 Å². The van der Waals surface area contributed by atoms with E-state index in [-0.39, 0.29) is 5.04 Å². The van der Waals surface area contributed by atoms with Gasteiger partial charge in [0.15, 0.2) is 0 Å². The first kappa shape index (κ1) is 8.81. The number of thioether (sulfide) groups is 1. The van der Waals surface area contributed by atoms with Gasteiger partial charge in [-0.3, -0.25) is 5.41 Å². The molecule has 0 aliphatic rings. The smallest absolute Gasteiger partial charge is 0.299 e. The lowest BCUT2D eigenvalue weighted by atomic mass is 10.8. The van der Waals surface area contributed by atoms with E-state index < -0.39 is 11.9 Å². The van der Waals surface area contributed by atoms with Gasteiger partial charge in [-0.15, -0.1) is 11.8 Å². The van der Waals surface area contributed by atoms with Crippen molar-refractivity contribution >= 4 is 16.8 Å². The van der Waals surface area contributed by atoms with Crippen LogP contribution in [0.4, 0.5) is 13.2 Å². The Morgan fingerprint density at radius 1 is 1.56 bits per heavy atom. The topological polar surface area (TPSA) is 23.9 Å².